The molecule has 0 aromatic heterocycles. The number of aldehydes is 1. The second kappa shape index (κ2) is 6.62. The molecule has 1 aliphatic carbocycles. The Labute approximate surface area is 126 Å². The van der Waals surface area contributed by atoms with Gasteiger partial charge in [-0.05, 0) is 48.8 Å². The van der Waals surface area contributed by atoms with Gasteiger partial charge in [0.1, 0.15) is 11.9 Å². The van der Waals surface area contributed by atoms with Crippen LogP contribution in [0.15, 0.2) is 18.2 Å². The minimum absolute atomic E-state index is 0.247. The normalized spacial score (nSPS) is 26.6. The maximum Gasteiger partial charge on any atom is 0.151 e. The van der Waals surface area contributed by atoms with Gasteiger partial charge in [-0.15, -0.1) is 0 Å². The quantitative estimate of drug-likeness (QED) is 0.731. The lowest BCUT2D eigenvalue weighted by atomic mass is 9.75. The van der Waals surface area contributed by atoms with Crippen molar-refractivity contribution in [2.24, 2.45) is 17.8 Å². The molecule has 0 spiro atoms. The van der Waals surface area contributed by atoms with E-state index in [1.54, 1.807) is 12.1 Å². The van der Waals surface area contributed by atoms with E-state index in [1.165, 1.54) is 12.8 Å². The molecule has 0 saturated heterocycles. The van der Waals surface area contributed by atoms with Crippen LogP contribution < -0.4 is 4.74 Å². The largest absolute Gasteiger partial charge is 0.490 e. The lowest BCUT2D eigenvalue weighted by molar-refractivity contribution is 0.0460. The van der Waals surface area contributed by atoms with Crippen molar-refractivity contribution in [3.63, 3.8) is 0 Å². The molecule has 1 aliphatic rings. The van der Waals surface area contributed by atoms with Crippen LogP contribution in [0.4, 0.5) is 0 Å². The van der Waals surface area contributed by atoms with E-state index in [2.05, 4.69) is 20.8 Å². The van der Waals surface area contributed by atoms with Crippen LogP contribution in [0.5, 0.6) is 5.75 Å². The Morgan fingerprint density at radius 3 is 2.70 bits per heavy atom. The third-order valence-corrected chi connectivity index (χ3v) is 4.67. The summed E-state index contributed by atoms with van der Waals surface area (Å²) in [4.78, 5) is 10.8. The molecule has 2 nitrogen and oxygen atoms in total. The fourth-order valence-electron chi connectivity index (χ4n) is 3.10. The Kier molecular flexibility index (Phi) is 5.09. The van der Waals surface area contributed by atoms with Gasteiger partial charge in [0.05, 0.1) is 5.02 Å². The van der Waals surface area contributed by atoms with Gasteiger partial charge in [-0.25, -0.2) is 0 Å². The van der Waals surface area contributed by atoms with Crippen LogP contribution in [0.1, 0.15) is 50.4 Å². The Hall–Kier alpha value is -1.02. The highest BCUT2D eigenvalue weighted by Crippen LogP contribution is 2.36. The molecule has 0 heterocycles. The fraction of sp³-hybridized carbons (Fsp3) is 0.588. The van der Waals surface area contributed by atoms with E-state index in [0.29, 0.717) is 28.3 Å². The number of benzene rings is 1. The highest BCUT2D eigenvalue weighted by Gasteiger charge is 2.32. The molecule has 1 aromatic carbocycles. The van der Waals surface area contributed by atoms with Gasteiger partial charge in [0, 0.05) is 5.56 Å². The summed E-state index contributed by atoms with van der Waals surface area (Å²) in [6.45, 7) is 6.81. The third kappa shape index (κ3) is 3.54. The van der Waals surface area contributed by atoms with Crippen molar-refractivity contribution in [2.45, 2.75) is 46.1 Å². The van der Waals surface area contributed by atoms with E-state index >= 15 is 0 Å². The SMILES string of the molecule is CC1CCC(C(C)C)C(Oc2ccc(C=O)c(Cl)c2)C1. The van der Waals surface area contributed by atoms with Crippen LogP contribution in [0.2, 0.25) is 5.02 Å². The van der Waals surface area contributed by atoms with Crippen molar-refractivity contribution in [3.8, 4) is 5.75 Å². The monoisotopic (exact) mass is 294 g/mol. The van der Waals surface area contributed by atoms with Gasteiger partial charge in [0.15, 0.2) is 6.29 Å². The number of rotatable bonds is 4. The zero-order chi connectivity index (χ0) is 14.7. The summed E-state index contributed by atoms with van der Waals surface area (Å²) >= 11 is 6.06. The molecule has 1 fully saturated rings. The number of ether oxygens (including phenoxy) is 1. The van der Waals surface area contributed by atoms with Gasteiger partial charge in [-0.2, -0.15) is 0 Å². The Bertz CT molecular complexity index is 470. The molecule has 0 bridgehead atoms. The Morgan fingerprint density at radius 1 is 1.35 bits per heavy atom. The predicted octanol–water partition coefficient (Wildman–Crippen LogP) is 4.99. The molecule has 3 unspecified atom stereocenters. The van der Waals surface area contributed by atoms with E-state index < -0.39 is 0 Å². The molecule has 3 heteroatoms. The second-order valence-corrected chi connectivity index (χ2v) is 6.69. The van der Waals surface area contributed by atoms with Gasteiger partial charge in [0.25, 0.3) is 0 Å². The topological polar surface area (TPSA) is 26.3 Å². The van der Waals surface area contributed by atoms with Crippen molar-refractivity contribution in [1.82, 2.24) is 0 Å². The molecule has 0 N–H and O–H groups in total. The minimum atomic E-state index is 0.247. The third-order valence-electron chi connectivity index (χ3n) is 4.35. The first kappa shape index (κ1) is 15.4. The van der Waals surface area contributed by atoms with Crippen LogP contribution >= 0.6 is 11.6 Å². The zero-order valence-electron chi connectivity index (χ0n) is 12.4. The van der Waals surface area contributed by atoms with Gasteiger partial charge in [0.2, 0.25) is 0 Å². The van der Waals surface area contributed by atoms with E-state index in [-0.39, 0.29) is 6.10 Å². The van der Waals surface area contributed by atoms with Crippen molar-refractivity contribution in [2.75, 3.05) is 0 Å². The first-order valence-electron chi connectivity index (χ1n) is 7.42. The minimum Gasteiger partial charge on any atom is -0.490 e. The number of carbonyl (C=O) groups excluding carboxylic acids is 1. The molecular formula is C17H23ClO2. The van der Waals surface area contributed by atoms with Crippen molar-refractivity contribution in [1.29, 1.82) is 0 Å². The lowest BCUT2D eigenvalue weighted by Crippen LogP contribution is -2.36. The average Bonchev–Trinajstić information content (AvgIpc) is 2.38. The zero-order valence-corrected chi connectivity index (χ0v) is 13.2. The van der Waals surface area contributed by atoms with Crippen LogP contribution in [0.25, 0.3) is 0 Å². The van der Waals surface area contributed by atoms with Crippen LogP contribution in [-0.4, -0.2) is 12.4 Å². The van der Waals surface area contributed by atoms with Crippen LogP contribution in [-0.2, 0) is 0 Å². The number of hydrogen-bond donors (Lipinski definition) is 0. The molecule has 1 aromatic rings. The van der Waals surface area contributed by atoms with E-state index in [4.69, 9.17) is 16.3 Å². The summed E-state index contributed by atoms with van der Waals surface area (Å²) in [5.74, 6) is 2.69. The molecule has 2 rings (SSSR count). The maximum atomic E-state index is 10.8. The van der Waals surface area contributed by atoms with E-state index in [9.17, 15) is 4.79 Å². The first-order valence-corrected chi connectivity index (χ1v) is 7.80. The highest BCUT2D eigenvalue weighted by atomic mass is 35.5. The van der Waals surface area contributed by atoms with E-state index in [0.717, 1.165) is 18.5 Å². The standard InChI is InChI=1S/C17H23ClO2/c1-11(2)15-7-4-12(3)8-17(15)20-14-6-5-13(10-19)16(18)9-14/h5-6,9-12,15,17H,4,7-8H2,1-3H3. The van der Waals surface area contributed by atoms with E-state index in [1.807, 2.05) is 6.07 Å². The number of carbonyl (C=O) groups is 1. The second-order valence-electron chi connectivity index (χ2n) is 6.28. The molecule has 0 aliphatic heterocycles. The predicted molar refractivity (Wildman–Crippen MR) is 82.6 cm³/mol. The fourth-order valence-corrected chi connectivity index (χ4v) is 3.32. The van der Waals surface area contributed by atoms with Crippen LogP contribution in [0.3, 0.4) is 0 Å². The Morgan fingerprint density at radius 2 is 2.10 bits per heavy atom. The first-order chi connectivity index (χ1) is 9.51. The molecule has 110 valence electrons. The van der Waals surface area contributed by atoms with Crippen molar-refractivity contribution >= 4 is 17.9 Å². The summed E-state index contributed by atoms with van der Waals surface area (Å²) < 4.78 is 6.18. The van der Waals surface area contributed by atoms with Crippen LogP contribution in [0, 0.1) is 17.8 Å². The van der Waals surface area contributed by atoms with Crippen molar-refractivity contribution < 1.29 is 9.53 Å². The summed E-state index contributed by atoms with van der Waals surface area (Å²) in [6.07, 6.45) is 4.62. The van der Waals surface area contributed by atoms with Gasteiger partial charge in [-0.1, -0.05) is 38.8 Å². The molecular weight excluding hydrogens is 272 g/mol. The summed E-state index contributed by atoms with van der Waals surface area (Å²) in [6, 6.07) is 5.32. The van der Waals surface area contributed by atoms with Crippen molar-refractivity contribution in [3.05, 3.63) is 28.8 Å². The van der Waals surface area contributed by atoms with Gasteiger partial charge < -0.3 is 4.74 Å². The molecule has 3 atom stereocenters. The molecule has 1 saturated carbocycles. The molecule has 20 heavy (non-hydrogen) atoms. The smallest absolute Gasteiger partial charge is 0.151 e. The maximum absolute atomic E-state index is 10.8. The Balaban J connectivity index is 2.13. The van der Waals surface area contributed by atoms with Gasteiger partial charge >= 0.3 is 0 Å². The summed E-state index contributed by atoms with van der Waals surface area (Å²) in [5.41, 5.74) is 0.511. The number of halogens is 1. The summed E-state index contributed by atoms with van der Waals surface area (Å²) in [7, 11) is 0. The average molecular weight is 295 g/mol. The summed E-state index contributed by atoms with van der Waals surface area (Å²) in [5, 5.41) is 0.461. The lowest BCUT2D eigenvalue weighted by Gasteiger charge is -2.37. The highest BCUT2D eigenvalue weighted by molar-refractivity contribution is 6.33. The van der Waals surface area contributed by atoms with Gasteiger partial charge in [-0.3, -0.25) is 4.79 Å². The molecule has 0 amide bonds. The number of hydrogen-bond acceptors (Lipinski definition) is 2. The molecule has 0 radical (unpaired) electrons.